The average Bonchev–Trinajstić information content (AvgIpc) is 2.59. The summed E-state index contributed by atoms with van der Waals surface area (Å²) in [6.07, 6.45) is 0.886. The van der Waals surface area contributed by atoms with Crippen LogP contribution in [0.3, 0.4) is 0 Å². The van der Waals surface area contributed by atoms with E-state index in [2.05, 4.69) is 23.7 Å². The maximum Gasteiger partial charge on any atom is 0.251 e. The Hall–Kier alpha value is -2.14. The first-order valence-corrected chi connectivity index (χ1v) is 9.14. The molecule has 1 aromatic heterocycles. The molecule has 1 aliphatic rings. The third-order valence-corrected chi connectivity index (χ3v) is 4.79. The van der Waals surface area contributed by atoms with Crippen LogP contribution < -0.4 is 5.56 Å². The Balaban J connectivity index is 1.56. The summed E-state index contributed by atoms with van der Waals surface area (Å²) in [7, 11) is 0. The van der Waals surface area contributed by atoms with Crippen molar-refractivity contribution in [1.82, 2.24) is 14.8 Å². The maximum atomic E-state index is 12.5. The fourth-order valence-corrected chi connectivity index (χ4v) is 3.47. The van der Waals surface area contributed by atoms with Crippen LogP contribution in [0.15, 0.2) is 35.1 Å². The third kappa shape index (κ3) is 4.48. The zero-order chi connectivity index (χ0) is 17.8. The Morgan fingerprint density at radius 3 is 2.60 bits per heavy atom. The van der Waals surface area contributed by atoms with Crippen LogP contribution in [0, 0.1) is 5.92 Å². The van der Waals surface area contributed by atoms with Crippen molar-refractivity contribution in [2.45, 2.75) is 26.7 Å². The van der Waals surface area contributed by atoms with Gasteiger partial charge < -0.3 is 9.88 Å². The molecule has 1 N–H and O–H groups in total. The lowest BCUT2D eigenvalue weighted by molar-refractivity contribution is -0.132. The van der Waals surface area contributed by atoms with Gasteiger partial charge in [-0.15, -0.1) is 0 Å². The number of nitrogens with one attached hydrogen (secondary N) is 1. The molecule has 3 rings (SSSR count). The summed E-state index contributed by atoms with van der Waals surface area (Å²) in [6, 6.07) is 9.63. The summed E-state index contributed by atoms with van der Waals surface area (Å²) in [5.74, 6) is 0.804. The number of H-pyrrole nitrogens is 1. The minimum atomic E-state index is -0.0896. The zero-order valence-corrected chi connectivity index (χ0v) is 15.1. The number of hydrogen-bond donors (Lipinski definition) is 1. The summed E-state index contributed by atoms with van der Waals surface area (Å²) < 4.78 is 0. The molecule has 134 valence electrons. The van der Waals surface area contributed by atoms with Gasteiger partial charge in [-0.1, -0.05) is 32.0 Å². The van der Waals surface area contributed by atoms with E-state index in [0.717, 1.165) is 43.6 Å². The molecule has 0 atom stereocenters. The number of aromatic amines is 1. The van der Waals surface area contributed by atoms with Gasteiger partial charge in [0.25, 0.3) is 5.56 Å². The fourth-order valence-electron chi connectivity index (χ4n) is 3.47. The number of rotatable bonds is 5. The summed E-state index contributed by atoms with van der Waals surface area (Å²) in [4.78, 5) is 31.9. The van der Waals surface area contributed by atoms with Gasteiger partial charge in [-0.05, 0) is 29.9 Å². The minimum absolute atomic E-state index is 0.0896. The van der Waals surface area contributed by atoms with Crippen LogP contribution in [0.4, 0.5) is 0 Å². The Morgan fingerprint density at radius 1 is 1.16 bits per heavy atom. The molecule has 0 aliphatic carbocycles. The van der Waals surface area contributed by atoms with E-state index in [1.807, 2.05) is 35.2 Å². The lowest BCUT2D eigenvalue weighted by Crippen LogP contribution is -2.49. The molecule has 25 heavy (non-hydrogen) atoms. The van der Waals surface area contributed by atoms with Gasteiger partial charge in [-0.3, -0.25) is 14.5 Å². The number of amides is 1. The van der Waals surface area contributed by atoms with Crippen molar-refractivity contribution in [3.05, 3.63) is 46.2 Å². The van der Waals surface area contributed by atoms with Crippen LogP contribution in [-0.4, -0.2) is 53.4 Å². The van der Waals surface area contributed by atoms with Gasteiger partial charge >= 0.3 is 0 Å². The minimum Gasteiger partial charge on any atom is -0.340 e. The summed E-state index contributed by atoms with van der Waals surface area (Å²) >= 11 is 0. The van der Waals surface area contributed by atoms with Crippen molar-refractivity contribution in [3.63, 3.8) is 0 Å². The summed E-state index contributed by atoms with van der Waals surface area (Å²) in [5, 5.41) is 1.01. The zero-order valence-electron chi connectivity index (χ0n) is 15.1. The SMILES string of the molecule is CC(C)CN1CCN(C(=O)CCc2cc3ccccc3[nH]c2=O)CC1. The first kappa shape index (κ1) is 17.7. The lowest BCUT2D eigenvalue weighted by Gasteiger charge is -2.35. The number of aryl methyl sites for hydroxylation is 1. The number of pyridine rings is 1. The Morgan fingerprint density at radius 2 is 1.88 bits per heavy atom. The number of carbonyl (C=O) groups is 1. The number of aromatic nitrogens is 1. The quantitative estimate of drug-likeness (QED) is 0.908. The topological polar surface area (TPSA) is 56.4 Å². The van der Waals surface area contributed by atoms with Gasteiger partial charge in [-0.2, -0.15) is 0 Å². The smallest absolute Gasteiger partial charge is 0.251 e. The van der Waals surface area contributed by atoms with E-state index < -0.39 is 0 Å². The highest BCUT2D eigenvalue weighted by atomic mass is 16.2. The van der Waals surface area contributed by atoms with Gasteiger partial charge in [0.15, 0.2) is 0 Å². The van der Waals surface area contributed by atoms with Crippen molar-refractivity contribution in [2.24, 2.45) is 5.92 Å². The van der Waals surface area contributed by atoms with E-state index >= 15 is 0 Å². The van der Waals surface area contributed by atoms with Crippen LogP contribution in [0.1, 0.15) is 25.8 Å². The highest BCUT2D eigenvalue weighted by Crippen LogP contribution is 2.12. The largest absolute Gasteiger partial charge is 0.340 e. The van der Waals surface area contributed by atoms with E-state index in [-0.39, 0.29) is 11.5 Å². The molecule has 1 aliphatic heterocycles. The van der Waals surface area contributed by atoms with E-state index in [9.17, 15) is 9.59 Å². The monoisotopic (exact) mass is 341 g/mol. The van der Waals surface area contributed by atoms with Crippen molar-refractivity contribution in [3.8, 4) is 0 Å². The van der Waals surface area contributed by atoms with Crippen molar-refractivity contribution >= 4 is 16.8 Å². The normalized spacial score (nSPS) is 15.9. The molecule has 1 amide bonds. The Kier molecular flexibility index (Phi) is 5.53. The molecule has 0 saturated carbocycles. The van der Waals surface area contributed by atoms with E-state index in [1.54, 1.807) is 0 Å². The Labute approximate surface area is 148 Å². The molecule has 0 bridgehead atoms. The molecule has 1 aromatic carbocycles. The summed E-state index contributed by atoms with van der Waals surface area (Å²) in [5.41, 5.74) is 1.43. The highest BCUT2D eigenvalue weighted by molar-refractivity contribution is 5.79. The van der Waals surface area contributed by atoms with E-state index in [0.29, 0.717) is 24.3 Å². The molecule has 0 unspecified atom stereocenters. The van der Waals surface area contributed by atoms with Crippen LogP contribution in [0.5, 0.6) is 0 Å². The predicted molar refractivity (Wildman–Crippen MR) is 101 cm³/mol. The number of nitrogens with zero attached hydrogens (tertiary/aromatic N) is 2. The number of benzene rings is 1. The number of piperazine rings is 1. The molecule has 0 spiro atoms. The molecule has 2 heterocycles. The van der Waals surface area contributed by atoms with Gasteiger partial charge in [-0.25, -0.2) is 0 Å². The predicted octanol–water partition coefficient (Wildman–Crippen LogP) is 2.26. The van der Waals surface area contributed by atoms with Crippen molar-refractivity contribution < 1.29 is 4.79 Å². The number of para-hydroxylation sites is 1. The maximum absolute atomic E-state index is 12.5. The van der Waals surface area contributed by atoms with Crippen LogP contribution >= 0.6 is 0 Å². The summed E-state index contributed by atoms with van der Waals surface area (Å²) in [6.45, 7) is 9.01. The van der Waals surface area contributed by atoms with Gasteiger partial charge in [0, 0.05) is 50.2 Å². The molecule has 1 fully saturated rings. The number of hydrogen-bond acceptors (Lipinski definition) is 3. The first-order chi connectivity index (χ1) is 12.0. The molecule has 5 heteroatoms. The van der Waals surface area contributed by atoms with Gasteiger partial charge in [0.05, 0.1) is 0 Å². The molecule has 1 saturated heterocycles. The average molecular weight is 341 g/mol. The molecule has 2 aromatic rings. The van der Waals surface area contributed by atoms with Crippen LogP contribution in [0.25, 0.3) is 10.9 Å². The van der Waals surface area contributed by atoms with Gasteiger partial charge in [0.2, 0.25) is 5.91 Å². The molecule has 0 radical (unpaired) electrons. The van der Waals surface area contributed by atoms with E-state index in [1.165, 1.54) is 0 Å². The van der Waals surface area contributed by atoms with Crippen molar-refractivity contribution in [2.75, 3.05) is 32.7 Å². The standard InChI is InChI=1S/C20H27N3O2/c1-15(2)14-22-9-11-23(12-10-22)19(24)8-7-17-13-16-5-3-4-6-18(16)21-20(17)25/h3-6,13,15H,7-12,14H2,1-2H3,(H,21,25). The molecular formula is C20H27N3O2. The lowest BCUT2D eigenvalue weighted by atomic mass is 10.1. The van der Waals surface area contributed by atoms with Gasteiger partial charge in [0.1, 0.15) is 0 Å². The second-order valence-corrected chi connectivity index (χ2v) is 7.29. The fraction of sp³-hybridized carbons (Fsp3) is 0.500. The van der Waals surface area contributed by atoms with E-state index in [4.69, 9.17) is 0 Å². The second kappa shape index (κ2) is 7.83. The number of fused-ring (bicyclic) bond motifs is 1. The highest BCUT2D eigenvalue weighted by Gasteiger charge is 2.21. The van der Waals surface area contributed by atoms with Crippen LogP contribution in [0.2, 0.25) is 0 Å². The Bertz CT molecular complexity index is 789. The van der Waals surface area contributed by atoms with Crippen molar-refractivity contribution in [1.29, 1.82) is 0 Å². The third-order valence-electron chi connectivity index (χ3n) is 4.79. The molecular weight excluding hydrogens is 314 g/mol. The first-order valence-electron chi connectivity index (χ1n) is 9.14. The number of carbonyl (C=O) groups excluding carboxylic acids is 1. The second-order valence-electron chi connectivity index (χ2n) is 7.29. The van der Waals surface area contributed by atoms with Crippen LogP contribution in [-0.2, 0) is 11.2 Å². The molecule has 5 nitrogen and oxygen atoms in total.